The van der Waals surface area contributed by atoms with Crippen molar-refractivity contribution < 1.29 is 4.79 Å². The molecule has 3 heteroatoms. The molecule has 1 saturated heterocycles. The van der Waals surface area contributed by atoms with Crippen LogP contribution < -0.4 is 0 Å². The zero-order valence-electron chi connectivity index (χ0n) is 8.61. The highest BCUT2D eigenvalue weighted by molar-refractivity contribution is 7.99. The van der Waals surface area contributed by atoms with E-state index in [1.807, 2.05) is 42.3 Å². The molecule has 2 rings (SSSR count). The Hall–Kier alpha value is -0.800. The van der Waals surface area contributed by atoms with Crippen molar-refractivity contribution in [3.05, 3.63) is 35.4 Å². The Morgan fingerprint density at radius 2 is 1.87 bits per heavy atom. The molecule has 1 aromatic carbocycles. The number of carbonyl (C=O) groups excluding carboxylic acids is 1. The molecule has 0 spiro atoms. The minimum atomic E-state index is 0.632. The van der Waals surface area contributed by atoms with E-state index >= 15 is 0 Å². The van der Waals surface area contributed by atoms with Gasteiger partial charge in [-0.1, -0.05) is 24.3 Å². The Morgan fingerprint density at radius 1 is 1.20 bits per heavy atom. The molecule has 0 aromatic heterocycles. The largest absolute Gasteiger partial charge is 0.297 e. The van der Waals surface area contributed by atoms with Crippen LogP contribution in [-0.4, -0.2) is 35.8 Å². The van der Waals surface area contributed by atoms with Crippen molar-refractivity contribution >= 4 is 18.0 Å². The molecular weight excluding hydrogens is 206 g/mol. The Bertz CT molecular complexity index is 317. The average molecular weight is 220 g/mol. The third-order valence-electron chi connectivity index (χ3n) is 2.58. The Kier molecular flexibility index (Phi) is 3.80. The van der Waals surface area contributed by atoms with Gasteiger partial charge in [0.25, 0.3) is 0 Å². The molecule has 15 heavy (non-hydrogen) atoms. The summed E-state index contributed by atoms with van der Waals surface area (Å²) in [5.41, 5.74) is 1.91. The number of hydrogen-bond acceptors (Lipinski definition) is 3. The van der Waals surface area contributed by atoms with Gasteiger partial charge in [-0.2, -0.15) is 11.8 Å². The van der Waals surface area contributed by atoms with Crippen molar-refractivity contribution in [1.29, 1.82) is 0 Å². The Labute approximate surface area is 94.7 Å². The van der Waals surface area contributed by atoms with E-state index in [0.29, 0.717) is 5.56 Å². The lowest BCUT2D eigenvalue weighted by molar-refractivity contribution is 0.294. The number of rotatable bonds is 3. The summed E-state index contributed by atoms with van der Waals surface area (Å²) < 4.78 is 0. The second-order valence-corrected chi connectivity index (χ2v) is 4.91. The maximum absolute atomic E-state index is 10.4. The summed E-state index contributed by atoms with van der Waals surface area (Å²) in [6, 6.07) is 7.70. The van der Waals surface area contributed by atoms with E-state index < -0.39 is 0 Å². The predicted octanol–water partition coefficient (Wildman–Crippen LogP) is 1.69. The van der Waals surface area contributed by atoms with Crippen molar-refractivity contribution in [2.75, 3.05) is 24.6 Å². The van der Waals surface area contributed by atoms with E-state index in [-0.39, 0.29) is 0 Å². The molecule has 1 aliphatic rings. The van der Waals surface area contributed by atoms with Crippen molar-refractivity contribution in [2.24, 2.45) is 0 Å². The minimum Gasteiger partial charge on any atom is -0.297 e. The fraction of sp³-hybridized carbons (Fsp3) is 0.417. The molecule has 0 unspecified atom stereocenters. The Balaban J connectivity index is 1.94. The fourth-order valence-electron chi connectivity index (χ4n) is 1.70. The van der Waals surface area contributed by atoms with Gasteiger partial charge in [0.15, 0.2) is 0 Å². The number of thioether (sulfide) groups is 1. The molecule has 0 aliphatic carbocycles. The van der Waals surface area contributed by atoms with E-state index in [2.05, 4.69) is 4.90 Å². The van der Waals surface area contributed by atoms with Gasteiger partial charge in [-0.25, -0.2) is 0 Å². The normalized spacial score (nSPS) is 17.6. The van der Waals surface area contributed by atoms with E-state index in [0.717, 1.165) is 6.54 Å². The summed E-state index contributed by atoms with van der Waals surface area (Å²) >= 11 is 2.02. The first-order valence-electron chi connectivity index (χ1n) is 5.16. The monoisotopic (exact) mass is 220 g/mol. The maximum atomic E-state index is 10.4. The van der Waals surface area contributed by atoms with Crippen LogP contribution in [0.1, 0.15) is 11.1 Å². The molecule has 0 atom stereocenters. The van der Waals surface area contributed by atoms with Gasteiger partial charge in [0, 0.05) is 36.7 Å². The smallest absolute Gasteiger partial charge is 0.233 e. The number of nitrogens with zero attached hydrogens (tertiary/aromatic N) is 1. The summed E-state index contributed by atoms with van der Waals surface area (Å²) in [6.07, 6.45) is 1.89. The lowest BCUT2D eigenvalue weighted by atomic mass is 10.1. The van der Waals surface area contributed by atoms with E-state index in [1.54, 1.807) is 0 Å². The van der Waals surface area contributed by atoms with Crippen LogP contribution in [0, 0.1) is 0 Å². The quantitative estimate of drug-likeness (QED) is 0.773. The SMILES string of the molecule is O=[C]c1ccc(CN2CCSCC2)cc1. The first kappa shape index (κ1) is 10.7. The molecule has 1 aliphatic heterocycles. The van der Waals surface area contributed by atoms with Crippen LogP contribution in [0.3, 0.4) is 0 Å². The highest BCUT2D eigenvalue weighted by Gasteiger charge is 2.10. The molecule has 1 fully saturated rings. The molecule has 1 heterocycles. The number of hydrogen-bond donors (Lipinski definition) is 0. The fourth-order valence-corrected chi connectivity index (χ4v) is 2.67. The topological polar surface area (TPSA) is 20.3 Å². The van der Waals surface area contributed by atoms with Gasteiger partial charge < -0.3 is 0 Å². The summed E-state index contributed by atoms with van der Waals surface area (Å²) in [5.74, 6) is 2.47. The van der Waals surface area contributed by atoms with Crippen LogP contribution in [0.25, 0.3) is 0 Å². The summed E-state index contributed by atoms with van der Waals surface area (Å²) in [6.45, 7) is 3.35. The molecule has 79 valence electrons. The van der Waals surface area contributed by atoms with Gasteiger partial charge in [-0.05, 0) is 5.56 Å². The highest BCUT2D eigenvalue weighted by Crippen LogP contribution is 2.13. The van der Waals surface area contributed by atoms with Gasteiger partial charge in [0.05, 0.1) is 0 Å². The van der Waals surface area contributed by atoms with Gasteiger partial charge in [-0.3, -0.25) is 9.69 Å². The second kappa shape index (κ2) is 5.33. The van der Waals surface area contributed by atoms with Crippen LogP contribution in [0.15, 0.2) is 24.3 Å². The van der Waals surface area contributed by atoms with Crippen LogP contribution in [0.2, 0.25) is 0 Å². The third-order valence-corrected chi connectivity index (χ3v) is 3.52. The lowest BCUT2D eigenvalue weighted by Gasteiger charge is -2.26. The molecule has 0 amide bonds. The van der Waals surface area contributed by atoms with Crippen LogP contribution >= 0.6 is 11.8 Å². The number of benzene rings is 1. The van der Waals surface area contributed by atoms with Crippen molar-refractivity contribution in [3.8, 4) is 0 Å². The third kappa shape index (κ3) is 3.08. The molecule has 0 saturated carbocycles. The zero-order valence-corrected chi connectivity index (χ0v) is 9.43. The maximum Gasteiger partial charge on any atom is 0.233 e. The predicted molar refractivity (Wildman–Crippen MR) is 63.8 cm³/mol. The standard InChI is InChI=1S/C12H14NOS/c14-10-12-3-1-11(2-4-12)9-13-5-7-15-8-6-13/h1-4H,5-9H2. The van der Waals surface area contributed by atoms with E-state index in [1.165, 1.54) is 30.2 Å². The van der Waals surface area contributed by atoms with Crippen molar-refractivity contribution in [3.63, 3.8) is 0 Å². The molecule has 1 aromatic rings. The lowest BCUT2D eigenvalue weighted by Crippen LogP contribution is -2.31. The molecule has 2 nitrogen and oxygen atoms in total. The molecule has 0 bridgehead atoms. The average Bonchev–Trinajstić information content (AvgIpc) is 2.31. The first-order valence-corrected chi connectivity index (χ1v) is 6.31. The molecule has 1 radical (unpaired) electrons. The second-order valence-electron chi connectivity index (χ2n) is 3.69. The van der Waals surface area contributed by atoms with Crippen LogP contribution in [0.5, 0.6) is 0 Å². The van der Waals surface area contributed by atoms with Gasteiger partial charge >= 0.3 is 0 Å². The minimum absolute atomic E-state index is 0.632. The van der Waals surface area contributed by atoms with E-state index in [4.69, 9.17) is 0 Å². The van der Waals surface area contributed by atoms with Gasteiger partial charge in [0.1, 0.15) is 0 Å². The van der Waals surface area contributed by atoms with Gasteiger partial charge in [-0.15, -0.1) is 0 Å². The summed E-state index contributed by atoms with van der Waals surface area (Å²) in [4.78, 5) is 12.8. The highest BCUT2D eigenvalue weighted by atomic mass is 32.2. The van der Waals surface area contributed by atoms with Crippen molar-refractivity contribution in [1.82, 2.24) is 4.90 Å². The first-order chi connectivity index (χ1) is 7.38. The summed E-state index contributed by atoms with van der Waals surface area (Å²) in [7, 11) is 0. The van der Waals surface area contributed by atoms with E-state index in [9.17, 15) is 4.79 Å². The van der Waals surface area contributed by atoms with Crippen LogP contribution in [0.4, 0.5) is 0 Å². The van der Waals surface area contributed by atoms with Crippen molar-refractivity contribution in [2.45, 2.75) is 6.54 Å². The summed E-state index contributed by atoms with van der Waals surface area (Å²) in [5, 5.41) is 0. The Morgan fingerprint density at radius 3 is 2.47 bits per heavy atom. The van der Waals surface area contributed by atoms with Gasteiger partial charge in [0.2, 0.25) is 6.29 Å². The molecule has 0 N–H and O–H groups in total. The molecular formula is C12H14NOS. The zero-order chi connectivity index (χ0) is 10.5. The van der Waals surface area contributed by atoms with Crippen LogP contribution in [-0.2, 0) is 11.3 Å².